The summed E-state index contributed by atoms with van der Waals surface area (Å²) in [6, 6.07) is 8.03. The number of hydrogen-bond acceptors (Lipinski definition) is 3. The first kappa shape index (κ1) is 19.9. The van der Waals surface area contributed by atoms with Crippen molar-refractivity contribution in [2.75, 3.05) is 0 Å². The number of alkyl halides is 3. The highest BCUT2D eigenvalue weighted by Crippen LogP contribution is 2.29. The average molecular weight is 410 g/mol. The van der Waals surface area contributed by atoms with Gasteiger partial charge in [0, 0.05) is 17.6 Å². The van der Waals surface area contributed by atoms with Crippen LogP contribution in [0.1, 0.15) is 34.7 Å². The fourth-order valence-electron chi connectivity index (χ4n) is 2.83. The normalized spacial score (nSPS) is 12.8. The summed E-state index contributed by atoms with van der Waals surface area (Å²) >= 11 is 5.95. The van der Waals surface area contributed by atoms with E-state index in [4.69, 9.17) is 11.6 Å². The standard InChI is InChI=1S/C19H15ClF3N3O2/c1-10(24-17(27)11-4-3-5-12(8-11)19(21,22)23)16-25-15-9-13(20)6-7-14(15)18(28)26(16)2/h3-10H,1-2H3,(H,24,27)/t10-/m1/s1. The second-order valence-corrected chi connectivity index (χ2v) is 6.71. The van der Waals surface area contributed by atoms with Crippen LogP contribution in [-0.2, 0) is 13.2 Å². The third kappa shape index (κ3) is 3.87. The number of nitrogens with one attached hydrogen (secondary N) is 1. The predicted octanol–water partition coefficient (Wildman–Crippen LogP) is 4.10. The van der Waals surface area contributed by atoms with Gasteiger partial charge in [0.05, 0.1) is 22.5 Å². The Labute approximate surface area is 162 Å². The van der Waals surface area contributed by atoms with Crippen LogP contribution in [0.25, 0.3) is 10.9 Å². The molecule has 1 atom stereocenters. The van der Waals surface area contributed by atoms with Gasteiger partial charge in [-0.25, -0.2) is 4.98 Å². The van der Waals surface area contributed by atoms with Gasteiger partial charge >= 0.3 is 6.18 Å². The molecule has 1 amide bonds. The van der Waals surface area contributed by atoms with E-state index in [0.717, 1.165) is 18.2 Å². The highest BCUT2D eigenvalue weighted by Gasteiger charge is 2.31. The number of fused-ring (bicyclic) bond motifs is 1. The Balaban J connectivity index is 1.93. The molecule has 0 spiro atoms. The molecule has 146 valence electrons. The number of benzene rings is 2. The van der Waals surface area contributed by atoms with Crippen molar-refractivity contribution < 1.29 is 18.0 Å². The van der Waals surface area contributed by atoms with Crippen LogP contribution < -0.4 is 10.9 Å². The van der Waals surface area contributed by atoms with E-state index in [1.807, 2.05) is 0 Å². The Hall–Kier alpha value is -2.87. The highest BCUT2D eigenvalue weighted by atomic mass is 35.5. The first-order chi connectivity index (χ1) is 13.1. The minimum atomic E-state index is -4.55. The molecule has 0 saturated carbocycles. The number of halogens is 4. The second kappa shape index (κ2) is 7.27. The fourth-order valence-corrected chi connectivity index (χ4v) is 3.00. The molecule has 3 aromatic rings. The number of hydrogen-bond donors (Lipinski definition) is 1. The largest absolute Gasteiger partial charge is 0.416 e. The van der Waals surface area contributed by atoms with E-state index in [2.05, 4.69) is 10.3 Å². The summed E-state index contributed by atoms with van der Waals surface area (Å²) in [5.74, 6) is -0.459. The zero-order valence-electron chi connectivity index (χ0n) is 14.8. The van der Waals surface area contributed by atoms with Gasteiger partial charge in [0.2, 0.25) is 0 Å². The van der Waals surface area contributed by atoms with Gasteiger partial charge in [-0.15, -0.1) is 0 Å². The number of amides is 1. The van der Waals surface area contributed by atoms with Gasteiger partial charge in [-0.1, -0.05) is 17.7 Å². The van der Waals surface area contributed by atoms with E-state index in [-0.39, 0.29) is 16.9 Å². The van der Waals surface area contributed by atoms with Crippen LogP contribution in [0.4, 0.5) is 13.2 Å². The molecule has 0 saturated heterocycles. The van der Waals surface area contributed by atoms with Crippen LogP contribution in [-0.4, -0.2) is 15.5 Å². The van der Waals surface area contributed by atoms with E-state index >= 15 is 0 Å². The average Bonchev–Trinajstić information content (AvgIpc) is 2.63. The quantitative estimate of drug-likeness (QED) is 0.708. The molecule has 0 aliphatic carbocycles. The van der Waals surface area contributed by atoms with Crippen molar-refractivity contribution in [2.45, 2.75) is 19.1 Å². The zero-order valence-corrected chi connectivity index (χ0v) is 15.6. The minimum Gasteiger partial charge on any atom is -0.342 e. The molecule has 5 nitrogen and oxygen atoms in total. The Morgan fingerprint density at radius 1 is 1.21 bits per heavy atom. The summed E-state index contributed by atoms with van der Waals surface area (Å²) in [6.45, 7) is 1.59. The van der Waals surface area contributed by atoms with E-state index in [1.165, 1.54) is 23.7 Å². The fraction of sp³-hybridized carbons (Fsp3) is 0.211. The molecule has 1 N–H and O–H groups in total. The van der Waals surface area contributed by atoms with Crippen LogP contribution in [0.5, 0.6) is 0 Å². The van der Waals surface area contributed by atoms with Crippen LogP contribution in [0, 0.1) is 0 Å². The lowest BCUT2D eigenvalue weighted by molar-refractivity contribution is -0.137. The SMILES string of the molecule is C[C@@H](NC(=O)c1cccc(C(F)(F)F)c1)c1nc2cc(Cl)ccc2c(=O)n1C. The first-order valence-corrected chi connectivity index (χ1v) is 8.60. The number of aromatic nitrogens is 2. The maximum absolute atomic E-state index is 12.8. The molecule has 0 radical (unpaired) electrons. The Morgan fingerprint density at radius 2 is 1.93 bits per heavy atom. The Kier molecular flexibility index (Phi) is 5.16. The molecule has 0 fully saturated rings. The number of nitrogens with zero attached hydrogens (tertiary/aromatic N) is 2. The van der Waals surface area contributed by atoms with E-state index in [1.54, 1.807) is 19.1 Å². The van der Waals surface area contributed by atoms with Crippen molar-refractivity contribution in [3.63, 3.8) is 0 Å². The van der Waals surface area contributed by atoms with Crippen molar-refractivity contribution in [1.82, 2.24) is 14.9 Å². The molecular weight excluding hydrogens is 395 g/mol. The zero-order chi connectivity index (χ0) is 20.6. The van der Waals surface area contributed by atoms with Crippen LogP contribution in [0.15, 0.2) is 47.3 Å². The van der Waals surface area contributed by atoms with E-state index in [9.17, 15) is 22.8 Å². The van der Waals surface area contributed by atoms with Crippen LogP contribution in [0.2, 0.25) is 5.02 Å². The summed E-state index contributed by atoms with van der Waals surface area (Å²) in [6.07, 6.45) is -4.55. The molecule has 2 aromatic carbocycles. The molecular formula is C19H15ClF3N3O2. The molecule has 0 aliphatic heterocycles. The molecule has 3 rings (SSSR count). The smallest absolute Gasteiger partial charge is 0.342 e. The number of carbonyl (C=O) groups is 1. The van der Waals surface area contributed by atoms with Gasteiger partial charge in [0.25, 0.3) is 11.5 Å². The molecule has 0 unspecified atom stereocenters. The summed E-state index contributed by atoms with van der Waals surface area (Å²) in [5, 5.41) is 3.35. The monoisotopic (exact) mass is 409 g/mol. The summed E-state index contributed by atoms with van der Waals surface area (Å²) in [5.41, 5.74) is -1.02. The van der Waals surface area contributed by atoms with Crippen LogP contribution >= 0.6 is 11.6 Å². The molecule has 9 heteroatoms. The summed E-state index contributed by atoms with van der Waals surface area (Å²) < 4.78 is 39.8. The number of carbonyl (C=O) groups excluding carboxylic acids is 1. The maximum Gasteiger partial charge on any atom is 0.416 e. The van der Waals surface area contributed by atoms with E-state index in [0.29, 0.717) is 15.9 Å². The molecule has 28 heavy (non-hydrogen) atoms. The van der Waals surface area contributed by atoms with Crippen molar-refractivity contribution in [3.05, 3.63) is 74.8 Å². The predicted molar refractivity (Wildman–Crippen MR) is 99.3 cm³/mol. The van der Waals surface area contributed by atoms with Crippen molar-refractivity contribution in [1.29, 1.82) is 0 Å². The van der Waals surface area contributed by atoms with Crippen molar-refractivity contribution in [3.8, 4) is 0 Å². The lowest BCUT2D eigenvalue weighted by atomic mass is 10.1. The minimum absolute atomic E-state index is 0.143. The first-order valence-electron chi connectivity index (χ1n) is 8.22. The van der Waals surface area contributed by atoms with Gasteiger partial charge in [-0.3, -0.25) is 14.2 Å². The lowest BCUT2D eigenvalue weighted by Gasteiger charge is -2.17. The van der Waals surface area contributed by atoms with Gasteiger partial charge in [0.1, 0.15) is 5.82 Å². The Bertz CT molecular complexity index is 1130. The van der Waals surface area contributed by atoms with Crippen LogP contribution in [0.3, 0.4) is 0 Å². The lowest BCUT2D eigenvalue weighted by Crippen LogP contribution is -2.32. The molecule has 0 aliphatic rings. The van der Waals surface area contributed by atoms with Gasteiger partial charge in [-0.2, -0.15) is 13.2 Å². The summed E-state index contributed by atoms with van der Waals surface area (Å²) in [4.78, 5) is 29.3. The molecule has 0 bridgehead atoms. The topological polar surface area (TPSA) is 64.0 Å². The van der Waals surface area contributed by atoms with Crippen molar-refractivity contribution >= 4 is 28.4 Å². The maximum atomic E-state index is 12.8. The van der Waals surface area contributed by atoms with Crippen molar-refractivity contribution in [2.24, 2.45) is 7.05 Å². The Morgan fingerprint density at radius 3 is 2.61 bits per heavy atom. The van der Waals surface area contributed by atoms with E-state index < -0.39 is 23.7 Å². The molecule has 1 heterocycles. The third-order valence-electron chi connectivity index (χ3n) is 4.26. The van der Waals surface area contributed by atoms with Gasteiger partial charge in [0.15, 0.2) is 0 Å². The summed E-state index contributed by atoms with van der Waals surface area (Å²) in [7, 11) is 1.51. The van der Waals surface area contributed by atoms with Gasteiger partial charge < -0.3 is 5.32 Å². The molecule has 1 aromatic heterocycles. The third-order valence-corrected chi connectivity index (χ3v) is 4.50. The van der Waals surface area contributed by atoms with Gasteiger partial charge in [-0.05, 0) is 43.3 Å². The second-order valence-electron chi connectivity index (χ2n) is 6.27. The number of rotatable bonds is 3. The highest BCUT2D eigenvalue weighted by molar-refractivity contribution is 6.31.